The molecule has 0 amide bonds. The molecule has 0 bridgehead atoms. The minimum atomic E-state index is -3.54. The zero-order chi connectivity index (χ0) is 15.3. The summed E-state index contributed by atoms with van der Waals surface area (Å²) in [7, 11) is -3.54. The van der Waals surface area contributed by atoms with Gasteiger partial charge >= 0.3 is 0 Å². The zero-order valence-corrected chi connectivity index (χ0v) is 13.2. The number of hydrogen-bond donors (Lipinski definition) is 3. The second kappa shape index (κ2) is 7.20. The van der Waals surface area contributed by atoms with E-state index in [1.54, 1.807) is 0 Å². The molecule has 0 aliphatic heterocycles. The van der Waals surface area contributed by atoms with Crippen molar-refractivity contribution in [2.24, 2.45) is 11.8 Å². The molecule has 0 radical (unpaired) electrons. The van der Waals surface area contributed by atoms with Crippen molar-refractivity contribution in [1.29, 1.82) is 0 Å². The number of sulfonamides is 1. The number of hydrogen-bond acceptors (Lipinski definition) is 5. The Morgan fingerprint density at radius 3 is 2.71 bits per heavy atom. The standard InChI is InChI=1S/C14H24N4O2S/c1-2-13(11-6-4-3-5-7-11)18-21(19,20)12-8-9-16-14(10-12)17-15/h8-11,13,18H,2-7,15H2,1H3,(H,16,17). The maximum absolute atomic E-state index is 12.5. The average Bonchev–Trinajstić information content (AvgIpc) is 2.53. The minimum Gasteiger partial charge on any atom is -0.308 e. The molecule has 118 valence electrons. The van der Waals surface area contributed by atoms with Crippen LogP contribution in [0.15, 0.2) is 23.2 Å². The molecular weight excluding hydrogens is 288 g/mol. The Labute approximate surface area is 126 Å². The fraction of sp³-hybridized carbons (Fsp3) is 0.643. The molecule has 4 N–H and O–H groups in total. The third-order valence-corrected chi connectivity index (χ3v) is 5.64. The van der Waals surface area contributed by atoms with Crippen LogP contribution in [0.4, 0.5) is 5.82 Å². The number of pyridine rings is 1. The summed E-state index contributed by atoms with van der Waals surface area (Å²) < 4.78 is 27.9. The van der Waals surface area contributed by atoms with Gasteiger partial charge in [0, 0.05) is 18.3 Å². The summed E-state index contributed by atoms with van der Waals surface area (Å²) in [6, 6.07) is 2.92. The fourth-order valence-electron chi connectivity index (χ4n) is 2.97. The highest BCUT2D eigenvalue weighted by Crippen LogP contribution is 2.28. The summed E-state index contributed by atoms with van der Waals surface area (Å²) in [6.45, 7) is 2.03. The Kier molecular flexibility index (Phi) is 5.55. The van der Waals surface area contributed by atoms with E-state index in [0.717, 1.165) is 19.3 Å². The molecule has 1 fully saturated rings. The Hall–Kier alpha value is -1.18. The monoisotopic (exact) mass is 312 g/mol. The van der Waals surface area contributed by atoms with Crippen LogP contribution in [0.3, 0.4) is 0 Å². The fourth-order valence-corrected chi connectivity index (χ4v) is 4.37. The smallest absolute Gasteiger partial charge is 0.241 e. The van der Waals surface area contributed by atoms with Gasteiger partial charge in [-0.1, -0.05) is 26.2 Å². The van der Waals surface area contributed by atoms with Gasteiger partial charge in [-0.15, -0.1) is 0 Å². The lowest BCUT2D eigenvalue weighted by molar-refractivity contribution is 0.285. The van der Waals surface area contributed by atoms with Crippen LogP contribution in [0.5, 0.6) is 0 Å². The molecule has 1 saturated carbocycles. The van der Waals surface area contributed by atoms with Gasteiger partial charge in [-0.3, -0.25) is 0 Å². The number of nitrogens with two attached hydrogens (primary N) is 1. The van der Waals surface area contributed by atoms with E-state index in [1.807, 2.05) is 6.92 Å². The second-order valence-electron chi connectivity index (χ2n) is 5.56. The largest absolute Gasteiger partial charge is 0.308 e. The molecule has 0 saturated heterocycles. The molecule has 21 heavy (non-hydrogen) atoms. The number of rotatable bonds is 6. The predicted octanol–water partition coefficient (Wildman–Crippen LogP) is 2.00. The first-order chi connectivity index (χ1) is 10.1. The highest BCUT2D eigenvalue weighted by Gasteiger charge is 2.27. The first-order valence-electron chi connectivity index (χ1n) is 7.52. The maximum atomic E-state index is 12.5. The molecular formula is C14H24N4O2S. The van der Waals surface area contributed by atoms with Crippen molar-refractivity contribution in [2.75, 3.05) is 5.43 Å². The highest BCUT2D eigenvalue weighted by atomic mass is 32.2. The average molecular weight is 312 g/mol. The van der Waals surface area contributed by atoms with Gasteiger partial charge in [-0.05, 0) is 31.2 Å². The van der Waals surface area contributed by atoms with Crippen molar-refractivity contribution < 1.29 is 8.42 Å². The number of aromatic nitrogens is 1. The lowest BCUT2D eigenvalue weighted by atomic mass is 9.83. The molecule has 1 heterocycles. The Bertz CT molecular complexity index is 556. The minimum absolute atomic E-state index is 0.00208. The summed E-state index contributed by atoms with van der Waals surface area (Å²) in [6.07, 6.45) is 8.09. The van der Waals surface area contributed by atoms with E-state index in [0.29, 0.717) is 11.7 Å². The number of nitrogens with zero attached hydrogens (tertiary/aromatic N) is 1. The van der Waals surface area contributed by atoms with Gasteiger partial charge in [0.15, 0.2) is 0 Å². The summed E-state index contributed by atoms with van der Waals surface area (Å²) >= 11 is 0. The molecule has 6 nitrogen and oxygen atoms in total. The molecule has 1 aromatic rings. The summed E-state index contributed by atoms with van der Waals surface area (Å²) in [5.74, 6) is 6.05. The van der Waals surface area contributed by atoms with Crippen molar-refractivity contribution in [3.05, 3.63) is 18.3 Å². The quantitative estimate of drug-likeness (QED) is 0.551. The molecule has 0 spiro atoms. The van der Waals surface area contributed by atoms with Crippen LogP contribution in [0.1, 0.15) is 45.4 Å². The van der Waals surface area contributed by atoms with Gasteiger partial charge in [0.1, 0.15) is 5.82 Å². The van der Waals surface area contributed by atoms with Gasteiger partial charge in [0.05, 0.1) is 4.90 Å². The maximum Gasteiger partial charge on any atom is 0.241 e. The van der Waals surface area contributed by atoms with Crippen LogP contribution in [0.25, 0.3) is 0 Å². The summed E-state index contributed by atoms with van der Waals surface area (Å²) in [5, 5.41) is 0. The van der Waals surface area contributed by atoms with Crippen LogP contribution < -0.4 is 16.0 Å². The zero-order valence-electron chi connectivity index (χ0n) is 12.4. The van der Waals surface area contributed by atoms with Crippen molar-refractivity contribution in [3.8, 4) is 0 Å². The molecule has 7 heteroatoms. The van der Waals surface area contributed by atoms with Crippen molar-refractivity contribution in [3.63, 3.8) is 0 Å². The second-order valence-corrected chi connectivity index (χ2v) is 7.27. The van der Waals surface area contributed by atoms with Gasteiger partial charge in [0.25, 0.3) is 0 Å². The third kappa shape index (κ3) is 4.15. The van der Waals surface area contributed by atoms with Crippen molar-refractivity contribution in [2.45, 2.75) is 56.4 Å². The van der Waals surface area contributed by atoms with Gasteiger partial charge in [-0.2, -0.15) is 0 Å². The Morgan fingerprint density at radius 1 is 1.38 bits per heavy atom. The van der Waals surface area contributed by atoms with E-state index in [4.69, 9.17) is 5.84 Å². The first-order valence-corrected chi connectivity index (χ1v) is 9.00. The van der Waals surface area contributed by atoms with Crippen LogP contribution in [0, 0.1) is 5.92 Å². The van der Waals surface area contributed by atoms with E-state index < -0.39 is 10.0 Å². The van der Waals surface area contributed by atoms with E-state index in [1.165, 1.54) is 37.6 Å². The number of hydrazine groups is 1. The van der Waals surface area contributed by atoms with Gasteiger partial charge in [0.2, 0.25) is 10.0 Å². The first kappa shape index (κ1) is 16.2. The Morgan fingerprint density at radius 2 is 2.10 bits per heavy atom. The summed E-state index contributed by atoms with van der Waals surface area (Å²) in [4.78, 5) is 4.13. The van der Waals surface area contributed by atoms with Crippen molar-refractivity contribution in [1.82, 2.24) is 9.71 Å². The third-order valence-electron chi connectivity index (χ3n) is 4.15. The molecule has 1 aliphatic rings. The van der Waals surface area contributed by atoms with E-state index in [-0.39, 0.29) is 10.9 Å². The molecule has 1 aliphatic carbocycles. The number of anilines is 1. The SMILES string of the molecule is CCC(NS(=O)(=O)c1ccnc(NN)c1)C1CCCCC1. The van der Waals surface area contributed by atoms with E-state index in [9.17, 15) is 8.42 Å². The molecule has 1 aromatic heterocycles. The molecule has 1 atom stereocenters. The lowest BCUT2D eigenvalue weighted by Crippen LogP contribution is -2.40. The number of nitrogens with one attached hydrogen (secondary N) is 2. The normalized spacial score (nSPS) is 18.4. The van der Waals surface area contributed by atoms with Gasteiger partial charge in [-0.25, -0.2) is 24.0 Å². The number of nitrogen functional groups attached to an aromatic ring is 1. The van der Waals surface area contributed by atoms with E-state index >= 15 is 0 Å². The molecule has 2 rings (SSSR count). The van der Waals surface area contributed by atoms with Crippen LogP contribution in [-0.2, 0) is 10.0 Å². The summed E-state index contributed by atoms with van der Waals surface area (Å²) in [5.41, 5.74) is 2.37. The van der Waals surface area contributed by atoms with Gasteiger partial charge < -0.3 is 5.43 Å². The van der Waals surface area contributed by atoms with Crippen molar-refractivity contribution >= 4 is 15.8 Å². The van der Waals surface area contributed by atoms with Crippen LogP contribution in [0.2, 0.25) is 0 Å². The Balaban J connectivity index is 2.14. The highest BCUT2D eigenvalue weighted by molar-refractivity contribution is 7.89. The molecule has 1 unspecified atom stereocenters. The molecule has 0 aromatic carbocycles. The predicted molar refractivity (Wildman–Crippen MR) is 83.0 cm³/mol. The van der Waals surface area contributed by atoms with Crippen LogP contribution >= 0.6 is 0 Å². The van der Waals surface area contributed by atoms with Crippen LogP contribution in [-0.4, -0.2) is 19.4 Å². The van der Waals surface area contributed by atoms with E-state index in [2.05, 4.69) is 15.1 Å². The topological polar surface area (TPSA) is 97.1 Å². The lowest BCUT2D eigenvalue weighted by Gasteiger charge is -2.30.